The first-order valence-corrected chi connectivity index (χ1v) is 11.3. The van der Waals surface area contributed by atoms with E-state index in [-0.39, 0.29) is 29.6 Å². The zero-order valence-electron chi connectivity index (χ0n) is 18.0. The van der Waals surface area contributed by atoms with Gasteiger partial charge in [0.1, 0.15) is 0 Å². The number of thiol groups is 1. The molecule has 2 amide bonds. The van der Waals surface area contributed by atoms with Gasteiger partial charge in [-0.15, -0.1) is 0 Å². The molecule has 3 rings (SSSR count). The molecule has 0 saturated heterocycles. The van der Waals surface area contributed by atoms with Crippen molar-refractivity contribution in [2.45, 2.75) is 70.9 Å². The minimum absolute atomic E-state index is 0.0459. The van der Waals surface area contributed by atoms with E-state index in [1.807, 2.05) is 17.5 Å². The van der Waals surface area contributed by atoms with Gasteiger partial charge in [0.25, 0.3) is 0 Å². The molecular weight excluding hydrogens is 396 g/mol. The fourth-order valence-electron chi connectivity index (χ4n) is 5.01. The van der Waals surface area contributed by atoms with Gasteiger partial charge >= 0.3 is 0 Å². The average Bonchev–Trinajstić information content (AvgIpc) is 3.19. The Morgan fingerprint density at radius 1 is 1.13 bits per heavy atom. The van der Waals surface area contributed by atoms with Crippen molar-refractivity contribution in [3.05, 3.63) is 40.8 Å². The number of rotatable bonds is 7. The van der Waals surface area contributed by atoms with Crippen molar-refractivity contribution < 1.29 is 14.4 Å². The van der Waals surface area contributed by atoms with E-state index in [0.29, 0.717) is 18.8 Å². The molecule has 2 saturated carbocycles. The summed E-state index contributed by atoms with van der Waals surface area (Å²) in [5.74, 6) is -0.282. The molecule has 0 aliphatic heterocycles. The summed E-state index contributed by atoms with van der Waals surface area (Å²) in [6, 6.07) is 8.06. The van der Waals surface area contributed by atoms with Crippen LogP contribution in [0.5, 0.6) is 0 Å². The number of hydrogen-bond acceptors (Lipinski definition) is 4. The lowest BCUT2D eigenvalue weighted by molar-refractivity contribution is -0.142. The van der Waals surface area contributed by atoms with Gasteiger partial charge in [-0.25, -0.2) is 0 Å². The first kappa shape index (κ1) is 22.6. The van der Waals surface area contributed by atoms with Crippen molar-refractivity contribution in [3.63, 3.8) is 0 Å². The second-order valence-electron chi connectivity index (χ2n) is 8.85. The molecule has 1 aromatic rings. The molecule has 6 heteroatoms. The van der Waals surface area contributed by atoms with Gasteiger partial charge in [-0.05, 0) is 67.6 Å². The van der Waals surface area contributed by atoms with Gasteiger partial charge in [0.05, 0.1) is 11.6 Å². The first-order valence-electron chi connectivity index (χ1n) is 10.8. The van der Waals surface area contributed by atoms with Crippen molar-refractivity contribution in [1.82, 2.24) is 10.6 Å². The molecule has 1 atom stereocenters. The van der Waals surface area contributed by atoms with Crippen molar-refractivity contribution in [3.8, 4) is 0 Å². The summed E-state index contributed by atoms with van der Waals surface area (Å²) in [5.41, 5.74) is 2.40. The Kier molecular flexibility index (Phi) is 7.06. The molecule has 0 aromatic heterocycles. The Morgan fingerprint density at radius 2 is 1.77 bits per heavy atom. The molecule has 2 aliphatic carbocycles. The number of ketones is 1. The molecule has 0 spiro atoms. The zero-order chi connectivity index (χ0) is 21.9. The zero-order valence-corrected chi connectivity index (χ0v) is 18.9. The van der Waals surface area contributed by atoms with Crippen molar-refractivity contribution >= 4 is 35.8 Å². The van der Waals surface area contributed by atoms with Gasteiger partial charge in [-0.2, -0.15) is 12.6 Å². The fourth-order valence-corrected chi connectivity index (χ4v) is 5.31. The van der Waals surface area contributed by atoms with E-state index in [2.05, 4.69) is 42.3 Å². The molecule has 2 fully saturated rings. The molecule has 5 nitrogen and oxygen atoms in total. The number of aryl methyl sites for hydroxylation is 1. The van der Waals surface area contributed by atoms with Crippen molar-refractivity contribution in [2.75, 3.05) is 0 Å². The molecule has 2 N–H and O–H groups in total. The molecule has 162 valence electrons. The van der Waals surface area contributed by atoms with E-state index in [0.717, 1.165) is 29.5 Å². The largest absolute Gasteiger partial charge is 0.349 e. The number of carbonyl (C=O) groups is 3. The van der Waals surface area contributed by atoms with Crippen LogP contribution in [0, 0.1) is 18.8 Å². The summed E-state index contributed by atoms with van der Waals surface area (Å²) < 4.78 is 0. The van der Waals surface area contributed by atoms with Crippen LogP contribution in [0.2, 0.25) is 0 Å². The number of Topliss-reactive ketones (excluding diaryl/α,β-unsaturated/α-hetero) is 1. The number of benzene rings is 1. The van der Waals surface area contributed by atoms with Crippen LogP contribution in [0.3, 0.4) is 0 Å². The van der Waals surface area contributed by atoms with Gasteiger partial charge in [-0.3, -0.25) is 14.4 Å². The fraction of sp³-hybridized carbons (Fsp3) is 0.542. The number of nitrogens with one attached hydrogen (secondary N) is 2. The SMILES string of the molecule is CC(=O)NC1(C(C)=O)CC(C(=O)N[C@@H](/C(=C/S)c2ccccc2C)C2CCCC2)C1. The van der Waals surface area contributed by atoms with Crippen LogP contribution < -0.4 is 10.6 Å². The lowest BCUT2D eigenvalue weighted by Crippen LogP contribution is -2.64. The number of hydrogen-bond donors (Lipinski definition) is 3. The van der Waals surface area contributed by atoms with Crippen molar-refractivity contribution in [2.24, 2.45) is 11.8 Å². The Labute approximate surface area is 184 Å². The van der Waals surface area contributed by atoms with Crippen LogP contribution in [0.15, 0.2) is 29.7 Å². The second-order valence-corrected chi connectivity index (χ2v) is 9.11. The summed E-state index contributed by atoms with van der Waals surface area (Å²) in [6.07, 6.45) is 5.21. The van der Waals surface area contributed by atoms with E-state index >= 15 is 0 Å². The number of amides is 2. The van der Waals surface area contributed by atoms with E-state index in [4.69, 9.17) is 0 Å². The van der Waals surface area contributed by atoms with Crippen LogP contribution in [0.25, 0.3) is 5.57 Å². The maximum atomic E-state index is 13.1. The van der Waals surface area contributed by atoms with Gasteiger partial charge < -0.3 is 10.6 Å². The lowest BCUT2D eigenvalue weighted by Gasteiger charge is -2.46. The van der Waals surface area contributed by atoms with Crippen molar-refractivity contribution in [1.29, 1.82) is 0 Å². The second kappa shape index (κ2) is 9.38. The van der Waals surface area contributed by atoms with Crippen LogP contribution in [0.1, 0.15) is 63.5 Å². The highest BCUT2D eigenvalue weighted by Gasteiger charge is 2.51. The van der Waals surface area contributed by atoms with Crippen LogP contribution in [0.4, 0.5) is 0 Å². The average molecular weight is 429 g/mol. The Balaban J connectivity index is 1.78. The van der Waals surface area contributed by atoms with Crippen LogP contribution in [-0.4, -0.2) is 29.2 Å². The highest BCUT2D eigenvalue weighted by atomic mass is 32.1. The highest BCUT2D eigenvalue weighted by molar-refractivity contribution is 7.83. The first-order chi connectivity index (χ1) is 14.3. The third kappa shape index (κ3) is 4.64. The quantitative estimate of drug-likeness (QED) is 0.578. The highest BCUT2D eigenvalue weighted by Crippen LogP contribution is 2.40. The Hall–Kier alpha value is -2.08. The van der Waals surface area contributed by atoms with Crippen LogP contribution >= 0.6 is 12.6 Å². The minimum Gasteiger partial charge on any atom is -0.349 e. The summed E-state index contributed by atoms with van der Waals surface area (Å²) in [7, 11) is 0. The smallest absolute Gasteiger partial charge is 0.223 e. The predicted octanol–water partition coefficient (Wildman–Crippen LogP) is 3.81. The lowest BCUT2D eigenvalue weighted by atomic mass is 9.65. The molecule has 0 radical (unpaired) electrons. The summed E-state index contributed by atoms with van der Waals surface area (Å²) in [4.78, 5) is 36.8. The van der Waals surface area contributed by atoms with E-state index < -0.39 is 5.54 Å². The monoisotopic (exact) mass is 428 g/mol. The van der Waals surface area contributed by atoms with E-state index in [9.17, 15) is 14.4 Å². The molecule has 0 bridgehead atoms. The summed E-state index contributed by atoms with van der Waals surface area (Å²) >= 11 is 4.50. The normalized spacial score (nSPS) is 25.3. The Morgan fingerprint density at radius 3 is 2.30 bits per heavy atom. The summed E-state index contributed by atoms with van der Waals surface area (Å²) in [5, 5.41) is 7.87. The Bertz CT molecular complexity index is 852. The predicted molar refractivity (Wildman–Crippen MR) is 122 cm³/mol. The standard InChI is InChI=1S/C24H32N2O3S/c1-15-8-4-7-11-20(15)21(14-30)22(18-9-5-6-10-18)25-23(29)19-12-24(13-19,16(2)27)26-17(3)28/h4,7-8,11,14,18-19,22,30H,5-6,9-10,12-13H2,1-3H3,(H,25,29)(H,26,28)/b21-14+/t19?,22-,24?/m1/s1. The number of carbonyl (C=O) groups excluding carboxylic acids is 3. The maximum Gasteiger partial charge on any atom is 0.223 e. The van der Waals surface area contributed by atoms with Gasteiger partial charge in [0.15, 0.2) is 5.78 Å². The molecule has 0 heterocycles. The molecule has 1 aromatic carbocycles. The maximum absolute atomic E-state index is 13.1. The molecule has 2 aliphatic rings. The van der Waals surface area contributed by atoms with Gasteiger partial charge in [0, 0.05) is 12.8 Å². The van der Waals surface area contributed by atoms with Gasteiger partial charge in [0.2, 0.25) is 11.8 Å². The third-order valence-electron chi connectivity index (χ3n) is 6.75. The van der Waals surface area contributed by atoms with Gasteiger partial charge in [-0.1, -0.05) is 37.1 Å². The minimum atomic E-state index is -0.894. The molecule has 0 unspecified atom stereocenters. The summed E-state index contributed by atoms with van der Waals surface area (Å²) in [6.45, 7) is 4.95. The van der Waals surface area contributed by atoms with E-state index in [1.165, 1.54) is 26.7 Å². The third-order valence-corrected chi connectivity index (χ3v) is 7.03. The van der Waals surface area contributed by atoms with E-state index in [1.54, 1.807) is 0 Å². The molecular formula is C24H32N2O3S. The molecule has 30 heavy (non-hydrogen) atoms. The topological polar surface area (TPSA) is 75.3 Å². The van der Waals surface area contributed by atoms with Crippen LogP contribution in [-0.2, 0) is 14.4 Å².